The van der Waals surface area contributed by atoms with E-state index in [1.807, 2.05) is 20.8 Å². The molecule has 16 heavy (non-hydrogen) atoms. The molecule has 1 rings (SSSR count). The molecule has 0 aromatic carbocycles. The van der Waals surface area contributed by atoms with E-state index in [4.69, 9.17) is 4.74 Å². The highest BCUT2D eigenvalue weighted by molar-refractivity contribution is 5.25. The lowest BCUT2D eigenvalue weighted by Gasteiger charge is -2.14. The van der Waals surface area contributed by atoms with E-state index in [-0.39, 0.29) is 23.5 Å². The number of hydrogen-bond acceptors (Lipinski definition) is 4. The molecule has 5 heteroatoms. The molecular weight excluding hydrogens is 208 g/mol. The number of nitrogens with one attached hydrogen (secondary N) is 1. The average Bonchev–Trinajstić information content (AvgIpc) is 2.17. The molecule has 0 saturated carbocycles. The van der Waals surface area contributed by atoms with Crippen LogP contribution in [-0.4, -0.2) is 22.2 Å². The van der Waals surface area contributed by atoms with Gasteiger partial charge in [0.15, 0.2) is 0 Å². The lowest BCUT2D eigenvalue weighted by Crippen LogP contribution is -2.20. The van der Waals surface area contributed by atoms with Crippen LogP contribution in [0.5, 0.6) is 5.88 Å². The van der Waals surface area contributed by atoms with Gasteiger partial charge >= 0.3 is 0 Å². The first-order valence-corrected chi connectivity index (χ1v) is 5.37. The average molecular weight is 226 g/mol. The molecule has 0 radical (unpaired) electrons. The smallest absolute Gasteiger partial charge is 0.258 e. The van der Waals surface area contributed by atoms with Gasteiger partial charge in [0.05, 0.1) is 5.56 Å². The maximum Gasteiger partial charge on any atom is 0.258 e. The van der Waals surface area contributed by atoms with Crippen molar-refractivity contribution in [3.63, 3.8) is 0 Å². The summed E-state index contributed by atoms with van der Waals surface area (Å²) in [5.74, 6) is 0.106. The Morgan fingerprint density at radius 1 is 1.50 bits per heavy atom. The number of ether oxygens (including phenoxy) is 1. The van der Waals surface area contributed by atoms with Crippen molar-refractivity contribution in [3.8, 4) is 5.88 Å². The van der Waals surface area contributed by atoms with Crippen LogP contribution in [0, 0.1) is 0 Å². The molecule has 0 bridgehead atoms. The van der Waals surface area contributed by atoms with E-state index in [9.17, 15) is 9.90 Å². The number of aromatic amines is 1. The molecule has 1 aromatic rings. The second kappa shape index (κ2) is 5.12. The van der Waals surface area contributed by atoms with Gasteiger partial charge in [0.1, 0.15) is 11.9 Å². The summed E-state index contributed by atoms with van der Waals surface area (Å²) in [7, 11) is 1.54. The van der Waals surface area contributed by atoms with Gasteiger partial charge in [-0.25, -0.2) is 0 Å². The minimum atomic E-state index is -0.298. The zero-order valence-corrected chi connectivity index (χ0v) is 10.1. The van der Waals surface area contributed by atoms with E-state index in [2.05, 4.69) is 9.97 Å². The first-order chi connectivity index (χ1) is 7.51. The van der Waals surface area contributed by atoms with Crippen LogP contribution < -0.4 is 5.56 Å². The van der Waals surface area contributed by atoms with Crippen LogP contribution in [0.3, 0.4) is 0 Å². The van der Waals surface area contributed by atoms with E-state index >= 15 is 0 Å². The Morgan fingerprint density at radius 2 is 2.12 bits per heavy atom. The van der Waals surface area contributed by atoms with Crippen molar-refractivity contribution in [1.29, 1.82) is 0 Å². The van der Waals surface area contributed by atoms with Gasteiger partial charge in [0.25, 0.3) is 5.56 Å². The van der Waals surface area contributed by atoms with E-state index < -0.39 is 0 Å². The molecule has 1 unspecified atom stereocenters. The lowest BCUT2D eigenvalue weighted by atomic mass is 10.1. The first kappa shape index (κ1) is 12.7. The fourth-order valence-corrected chi connectivity index (χ4v) is 1.63. The Bertz CT molecular complexity index is 408. The number of methoxy groups -OCH3 is 1. The summed E-state index contributed by atoms with van der Waals surface area (Å²) >= 11 is 0. The number of hydrogen-bond donors (Lipinski definition) is 2. The number of nitrogens with zero attached hydrogens (tertiary/aromatic N) is 1. The Kier molecular flexibility index (Phi) is 4.06. The minimum Gasteiger partial charge on any atom is -0.493 e. The molecule has 5 nitrogen and oxygen atoms in total. The van der Waals surface area contributed by atoms with Crippen molar-refractivity contribution in [1.82, 2.24) is 9.97 Å². The summed E-state index contributed by atoms with van der Waals surface area (Å²) in [6.07, 6.45) is 0.389. The normalized spacial score (nSPS) is 13.1. The van der Waals surface area contributed by atoms with Crippen molar-refractivity contribution >= 4 is 0 Å². The fourth-order valence-electron chi connectivity index (χ4n) is 1.63. The third-order valence-electron chi connectivity index (χ3n) is 2.49. The first-order valence-electron chi connectivity index (χ1n) is 5.37. The predicted octanol–water partition coefficient (Wildman–Crippen LogP) is 1.70. The third-order valence-corrected chi connectivity index (χ3v) is 2.49. The number of aromatic hydroxyl groups is 1. The zero-order chi connectivity index (χ0) is 12.3. The van der Waals surface area contributed by atoms with Gasteiger partial charge in [0, 0.05) is 7.11 Å². The van der Waals surface area contributed by atoms with E-state index in [1.54, 1.807) is 7.11 Å². The molecular formula is C11H18N2O3. The van der Waals surface area contributed by atoms with Crippen molar-refractivity contribution in [3.05, 3.63) is 21.7 Å². The Labute approximate surface area is 94.5 Å². The van der Waals surface area contributed by atoms with Crippen molar-refractivity contribution in [2.24, 2.45) is 0 Å². The van der Waals surface area contributed by atoms with Crippen LogP contribution in [-0.2, 0) is 4.74 Å². The summed E-state index contributed by atoms with van der Waals surface area (Å²) in [4.78, 5) is 18.3. The predicted molar refractivity (Wildman–Crippen MR) is 60.7 cm³/mol. The Morgan fingerprint density at radius 3 is 2.50 bits per heavy atom. The summed E-state index contributed by atoms with van der Waals surface area (Å²) in [5, 5.41) is 9.70. The van der Waals surface area contributed by atoms with E-state index in [0.29, 0.717) is 17.8 Å². The SMILES string of the molecule is CCC(OC)c1nc(O)c(C(C)C)c(=O)[nH]1. The molecule has 0 fully saturated rings. The number of aromatic nitrogens is 2. The van der Waals surface area contributed by atoms with Gasteiger partial charge in [-0.15, -0.1) is 0 Å². The third kappa shape index (κ3) is 2.41. The van der Waals surface area contributed by atoms with Crippen LogP contribution in [0.25, 0.3) is 0 Å². The van der Waals surface area contributed by atoms with E-state index in [0.717, 1.165) is 0 Å². The topological polar surface area (TPSA) is 75.2 Å². The highest BCUT2D eigenvalue weighted by atomic mass is 16.5. The van der Waals surface area contributed by atoms with Gasteiger partial charge in [-0.05, 0) is 12.3 Å². The summed E-state index contributed by atoms with van der Waals surface area (Å²) in [6.45, 7) is 5.58. The monoisotopic (exact) mass is 226 g/mol. The molecule has 2 N–H and O–H groups in total. The molecule has 1 heterocycles. The molecule has 0 saturated heterocycles. The van der Waals surface area contributed by atoms with Crippen LogP contribution >= 0.6 is 0 Å². The standard InChI is InChI=1S/C11H18N2O3/c1-5-7(16-4)9-12-10(14)8(6(2)3)11(15)13-9/h6-7H,5H2,1-4H3,(H2,12,13,14,15). The van der Waals surface area contributed by atoms with Gasteiger partial charge in [-0.3, -0.25) is 4.79 Å². The van der Waals surface area contributed by atoms with Crippen molar-refractivity contribution in [2.75, 3.05) is 7.11 Å². The molecule has 0 aliphatic heterocycles. The zero-order valence-electron chi connectivity index (χ0n) is 10.1. The van der Waals surface area contributed by atoms with Crippen LogP contribution in [0.1, 0.15) is 50.6 Å². The molecule has 0 aliphatic carbocycles. The van der Waals surface area contributed by atoms with Crippen LogP contribution in [0.4, 0.5) is 0 Å². The Hall–Kier alpha value is -1.36. The summed E-state index contributed by atoms with van der Waals surface area (Å²) in [5.41, 5.74) is 0.0164. The van der Waals surface area contributed by atoms with Crippen LogP contribution in [0.2, 0.25) is 0 Å². The highest BCUT2D eigenvalue weighted by Crippen LogP contribution is 2.22. The van der Waals surface area contributed by atoms with Gasteiger partial charge in [0.2, 0.25) is 5.88 Å². The number of H-pyrrole nitrogens is 1. The van der Waals surface area contributed by atoms with Gasteiger partial charge in [-0.1, -0.05) is 20.8 Å². The molecule has 0 aliphatic rings. The second-order valence-electron chi connectivity index (χ2n) is 3.98. The number of rotatable bonds is 4. The lowest BCUT2D eigenvalue weighted by molar-refractivity contribution is 0.0916. The summed E-state index contributed by atoms with van der Waals surface area (Å²) < 4.78 is 5.15. The van der Waals surface area contributed by atoms with E-state index in [1.165, 1.54) is 0 Å². The van der Waals surface area contributed by atoms with Crippen LogP contribution in [0.15, 0.2) is 4.79 Å². The Balaban J connectivity index is 3.24. The summed E-state index contributed by atoms with van der Waals surface area (Å²) in [6, 6.07) is 0. The molecule has 1 atom stereocenters. The molecule has 90 valence electrons. The van der Waals surface area contributed by atoms with Crippen molar-refractivity contribution < 1.29 is 9.84 Å². The van der Waals surface area contributed by atoms with Gasteiger partial charge < -0.3 is 14.8 Å². The molecule has 0 amide bonds. The molecule has 1 aromatic heterocycles. The largest absolute Gasteiger partial charge is 0.493 e. The minimum absolute atomic E-state index is 0.0621. The quantitative estimate of drug-likeness (QED) is 0.819. The molecule has 0 spiro atoms. The van der Waals surface area contributed by atoms with Crippen molar-refractivity contribution in [2.45, 2.75) is 39.2 Å². The highest BCUT2D eigenvalue weighted by Gasteiger charge is 2.17. The fraction of sp³-hybridized carbons (Fsp3) is 0.636. The maximum absolute atomic E-state index is 11.7. The second-order valence-corrected chi connectivity index (χ2v) is 3.98. The van der Waals surface area contributed by atoms with Gasteiger partial charge in [-0.2, -0.15) is 4.98 Å². The maximum atomic E-state index is 11.7.